The van der Waals surface area contributed by atoms with Crippen LogP contribution in [0.25, 0.3) is 0 Å². The molecule has 1 aliphatic rings. The maximum absolute atomic E-state index is 12.8. The van der Waals surface area contributed by atoms with Crippen molar-refractivity contribution in [1.82, 2.24) is 9.88 Å². The quantitative estimate of drug-likeness (QED) is 0.759. The van der Waals surface area contributed by atoms with Gasteiger partial charge >= 0.3 is 0 Å². The number of pyridine rings is 1. The van der Waals surface area contributed by atoms with Crippen LogP contribution in [0.3, 0.4) is 0 Å². The summed E-state index contributed by atoms with van der Waals surface area (Å²) in [6.07, 6.45) is 4.08. The summed E-state index contributed by atoms with van der Waals surface area (Å²) >= 11 is 3.37. The maximum atomic E-state index is 12.8. The number of ether oxygens (including phenoxy) is 2. The highest BCUT2D eigenvalue weighted by Gasteiger charge is 2.24. The molecule has 0 fully saturated rings. The maximum Gasteiger partial charge on any atom is 0.255 e. The van der Waals surface area contributed by atoms with Gasteiger partial charge in [0.1, 0.15) is 0 Å². The molecule has 1 aromatic carbocycles. The molecule has 25 heavy (non-hydrogen) atoms. The lowest BCUT2D eigenvalue weighted by Gasteiger charge is -2.30. The molecule has 1 aliphatic heterocycles. The van der Waals surface area contributed by atoms with Gasteiger partial charge in [0.25, 0.3) is 5.91 Å². The van der Waals surface area contributed by atoms with Crippen LogP contribution in [0, 0.1) is 0 Å². The highest BCUT2D eigenvalue weighted by atomic mass is 79.9. The standard InChI is InChI=1S/C19H21BrN2O3/c1-3-24-17-8-13-5-6-22(12-15(13)9-18(17)25-4-2)19(23)14-7-16(20)11-21-10-14/h7-11H,3-6,12H2,1-2H3. The number of carbonyl (C=O) groups excluding carboxylic acids is 1. The third-order valence-corrected chi connectivity index (χ3v) is 4.55. The van der Waals surface area contributed by atoms with Crippen LogP contribution >= 0.6 is 15.9 Å². The van der Waals surface area contributed by atoms with E-state index in [4.69, 9.17) is 9.47 Å². The van der Waals surface area contributed by atoms with Crippen LogP contribution in [0.15, 0.2) is 35.1 Å². The first-order valence-corrected chi connectivity index (χ1v) is 9.22. The minimum absolute atomic E-state index is 0.00806. The molecule has 1 aromatic heterocycles. The van der Waals surface area contributed by atoms with Crippen molar-refractivity contribution in [3.8, 4) is 11.5 Å². The van der Waals surface area contributed by atoms with Gasteiger partial charge in [-0.2, -0.15) is 0 Å². The molecule has 132 valence electrons. The molecule has 6 heteroatoms. The monoisotopic (exact) mass is 404 g/mol. The van der Waals surface area contributed by atoms with Crippen molar-refractivity contribution in [2.24, 2.45) is 0 Å². The molecule has 2 aromatic rings. The van der Waals surface area contributed by atoms with E-state index in [-0.39, 0.29) is 5.91 Å². The molecule has 0 unspecified atom stereocenters. The lowest BCUT2D eigenvalue weighted by molar-refractivity contribution is 0.0734. The van der Waals surface area contributed by atoms with Crippen LogP contribution in [0.1, 0.15) is 35.3 Å². The molecule has 0 aliphatic carbocycles. The van der Waals surface area contributed by atoms with Gasteiger partial charge in [-0.3, -0.25) is 9.78 Å². The third-order valence-electron chi connectivity index (χ3n) is 4.12. The Balaban J connectivity index is 1.85. The van der Waals surface area contributed by atoms with Gasteiger partial charge in [0.05, 0.1) is 18.8 Å². The summed E-state index contributed by atoms with van der Waals surface area (Å²) in [5.74, 6) is 1.51. The highest BCUT2D eigenvalue weighted by molar-refractivity contribution is 9.10. The fraction of sp³-hybridized carbons (Fsp3) is 0.368. The lowest BCUT2D eigenvalue weighted by atomic mass is 9.98. The average molecular weight is 405 g/mol. The number of aromatic nitrogens is 1. The Kier molecular flexibility index (Phi) is 5.58. The first kappa shape index (κ1) is 17.7. The van der Waals surface area contributed by atoms with Gasteiger partial charge in [0.2, 0.25) is 0 Å². The molecule has 0 bridgehead atoms. The van der Waals surface area contributed by atoms with Crippen molar-refractivity contribution in [3.63, 3.8) is 0 Å². The van der Waals surface area contributed by atoms with E-state index >= 15 is 0 Å². The predicted octanol–water partition coefficient (Wildman–Crippen LogP) is 3.84. The summed E-state index contributed by atoms with van der Waals surface area (Å²) in [5, 5.41) is 0. The zero-order chi connectivity index (χ0) is 17.8. The Bertz CT molecular complexity index is 779. The molecule has 0 N–H and O–H groups in total. The van der Waals surface area contributed by atoms with Gasteiger partial charge in [-0.25, -0.2) is 0 Å². The number of hydrogen-bond donors (Lipinski definition) is 0. The van der Waals surface area contributed by atoms with Crippen molar-refractivity contribution >= 4 is 21.8 Å². The van der Waals surface area contributed by atoms with Crippen molar-refractivity contribution in [2.75, 3.05) is 19.8 Å². The van der Waals surface area contributed by atoms with Crippen LogP contribution in [0.4, 0.5) is 0 Å². The number of rotatable bonds is 5. The molecule has 1 amide bonds. The number of amides is 1. The normalized spacial score (nSPS) is 13.3. The summed E-state index contributed by atoms with van der Waals surface area (Å²) in [6.45, 7) is 6.32. The Morgan fingerprint density at radius 2 is 1.80 bits per heavy atom. The summed E-state index contributed by atoms with van der Waals surface area (Å²) < 4.78 is 12.2. The Labute approximate surface area is 156 Å². The average Bonchev–Trinajstić information content (AvgIpc) is 2.61. The molecule has 0 saturated carbocycles. The molecule has 3 rings (SSSR count). The predicted molar refractivity (Wildman–Crippen MR) is 99.2 cm³/mol. The van der Waals surface area contributed by atoms with E-state index < -0.39 is 0 Å². The molecule has 0 saturated heterocycles. The van der Waals surface area contributed by atoms with Crippen LogP contribution < -0.4 is 9.47 Å². The molecular formula is C19H21BrN2O3. The number of carbonyl (C=O) groups is 1. The minimum Gasteiger partial charge on any atom is -0.490 e. The summed E-state index contributed by atoms with van der Waals surface area (Å²) in [4.78, 5) is 18.7. The summed E-state index contributed by atoms with van der Waals surface area (Å²) in [5.41, 5.74) is 2.91. The van der Waals surface area contributed by atoms with Gasteiger partial charge in [0.15, 0.2) is 11.5 Å². The number of halogens is 1. The SMILES string of the molecule is CCOc1cc2c(cc1OCC)CN(C(=O)c1cncc(Br)c1)CC2. The summed E-state index contributed by atoms with van der Waals surface area (Å²) in [7, 11) is 0. The number of nitrogens with zero attached hydrogens (tertiary/aromatic N) is 2. The smallest absolute Gasteiger partial charge is 0.255 e. The molecule has 0 atom stereocenters. The van der Waals surface area contributed by atoms with E-state index in [1.807, 2.05) is 30.9 Å². The largest absolute Gasteiger partial charge is 0.490 e. The first-order chi connectivity index (χ1) is 12.1. The van der Waals surface area contributed by atoms with Crippen LogP contribution in [0.5, 0.6) is 11.5 Å². The molecule has 0 spiro atoms. The Hall–Kier alpha value is -2.08. The highest BCUT2D eigenvalue weighted by Crippen LogP contribution is 2.34. The molecule has 5 nitrogen and oxygen atoms in total. The molecular weight excluding hydrogens is 384 g/mol. The Morgan fingerprint density at radius 3 is 2.44 bits per heavy atom. The van der Waals surface area contributed by atoms with Crippen molar-refractivity contribution < 1.29 is 14.3 Å². The second-order valence-corrected chi connectivity index (χ2v) is 6.72. The third kappa shape index (κ3) is 3.95. The van der Waals surface area contributed by atoms with E-state index in [0.29, 0.717) is 31.9 Å². The van der Waals surface area contributed by atoms with Crippen LogP contribution in [0.2, 0.25) is 0 Å². The van der Waals surface area contributed by atoms with E-state index in [9.17, 15) is 4.79 Å². The number of fused-ring (bicyclic) bond motifs is 1. The van der Waals surface area contributed by atoms with Crippen molar-refractivity contribution in [2.45, 2.75) is 26.8 Å². The number of benzene rings is 1. The van der Waals surface area contributed by atoms with Crippen LogP contribution in [-0.4, -0.2) is 35.5 Å². The second kappa shape index (κ2) is 7.87. The van der Waals surface area contributed by atoms with Crippen LogP contribution in [-0.2, 0) is 13.0 Å². The fourth-order valence-corrected chi connectivity index (χ4v) is 3.35. The van der Waals surface area contributed by atoms with Crippen molar-refractivity contribution in [1.29, 1.82) is 0 Å². The van der Waals surface area contributed by atoms with E-state index in [1.165, 1.54) is 5.56 Å². The first-order valence-electron chi connectivity index (χ1n) is 8.43. The zero-order valence-electron chi connectivity index (χ0n) is 14.4. The van der Waals surface area contributed by atoms with Gasteiger partial charge in [-0.05, 0) is 65.5 Å². The lowest BCUT2D eigenvalue weighted by Crippen LogP contribution is -2.36. The summed E-state index contributed by atoms with van der Waals surface area (Å²) in [6, 6.07) is 5.85. The molecule has 0 radical (unpaired) electrons. The number of hydrogen-bond acceptors (Lipinski definition) is 4. The fourth-order valence-electron chi connectivity index (χ4n) is 2.99. The van der Waals surface area contributed by atoms with E-state index in [0.717, 1.165) is 28.0 Å². The van der Waals surface area contributed by atoms with Gasteiger partial charge in [-0.15, -0.1) is 0 Å². The van der Waals surface area contributed by atoms with E-state index in [1.54, 1.807) is 18.5 Å². The minimum atomic E-state index is -0.00806. The second-order valence-electron chi connectivity index (χ2n) is 5.80. The van der Waals surface area contributed by atoms with E-state index in [2.05, 4.69) is 20.9 Å². The van der Waals surface area contributed by atoms with Crippen molar-refractivity contribution in [3.05, 3.63) is 51.8 Å². The molecule has 2 heterocycles. The Morgan fingerprint density at radius 1 is 1.12 bits per heavy atom. The van der Waals surface area contributed by atoms with Gasteiger partial charge in [0, 0.05) is 30.0 Å². The van der Waals surface area contributed by atoms with Gasteiger partial charge < -0.3 is 14.4 Å². The van der Waals surface area contributed by atoms with Gasteiger partial charge in [-0.1, -0.05) is 0 Å². The zero-order valence-corrected chi connectivity index (χ0v) is 16.0. The topological polar surface area (TPSA) is 51.7 Å².